The second-order valence-electron chi connectivity index (χ2n) is 4.16. The molecule has 100 valence electrons. The molecule has 7 heteroatoms. The Balaban J connectivity index is 2.35. The Kier molecular flexibility index (Phi) is 4.21. The largest absolute Gasteiger partial charge is 0.347 e. The van der Waals surface area contributed by atoms with Gasteiger partial charge in [0.05, 0.1) is 0 Å². The number of benzene rings is 1. The number of nitrogens with zero attached hydrogens (tertiary/aromatic N) is 4. The van der Waals surface area contributed by atoms with Gasteiger partial charge in [0.15, 0.2) is 0 Å². The quantitative estimate of drug-likeness (QED) is 0.926. The average molecular weight is 343 g/mol. The summed E-state index contributed by atoms with van der Waals surface area (Å²) in [7, 11) is 3.69. The fraction of sp³-hybridized carbons (Fsp3) is 0.250. The number of rotatable bonds is 3. The maximum atomic E-state index is 5.89. The van der Waals surface area contributed by atoms with Gasteiger partial charge in [0, 0.05) is 24.3 Å². The summed E-state index contributed by atoms with van der Waals surface area (Å²) in [5.41, 5.74) is 1.99. The lowest BCUT2D eigenvalue weighted by Crippen LogP contribution is -2.14. The Labute approximate surface area is 125 Å². The van der Waals surface area contributed by atoms with E-state index in [2.05, 4.69) is 36.2 Å². The number of hydrogen-bond donors (Lipinski definition) is 1. The van der Waals surface area contributed by atoms with Gasteiger partial charge in [0.2, 0.25) is 17.2 Å². The van der Waals surface area contributed by atoms with Crippen molar-refractivity contribution in [2.75, 3.05) is 24.3 Å². The van der Waals surface area contributed by atoms with Gasteiger partial charge in [-0.1, -0.05) is 22.0 Å². The topological polar surface area (TPSA) is 53.9 Å². The zero-order valence-electron chi connectivity index (χ0n) is 10.8. The SMILES string of the molecule is Cc1c(Br)cccc1Nc1nc(Cl)nc(N(C)C)n1. The van der Waals surface area contributed by atoms with Gasteiger partial charge < -0.3 is 10.2 Å². The van der Waals surface area contributed by atoms with Crippen LogP contribution in [-0.2, 0) is 0 Å². The molecule has 0 atom stereocenters. The van der Waals surface area contributed by atoms with Gasteiger partial charge in [-0.25, -0.2) is 0 Å². The van der Waals surface area contributed by atoms with E-state index in [0.717, 1.165) is 15.7 Å². The zero-order chi connectivity index (χ0) is 14.0. The van der Waals surface area contributed by atoms with Crippen molar-refractivity contribution in [1.82, 2.24) is 15.0 Å². The van der Waals surface area contributed by atoms with Crippen LogP contribution in [0.25, 0.3) is 0 Å². The predicted octanol–water partition coefficient (Wildman–Crippen LogP) is 3.41. The van der Waals surface area contributed by atoms with Gasteiger partial charge in [-0.2, -0.15) is 15.0 Å². The number of hydrogen-bond acceptors (Lipinski definition) is 5. The minimum atomic E-state index is 0.161. The third kappa shape index (κ3) is 3.33. The minimum absolute atomic E-state index is 0.161. The predicted molar refractivity (Wildman–Crippen MR) is 81.3 cm³/mol. The summed E-state index contributed by atoms with van der Waals surface area (Å²) < 4.78 is 1.02. The number of anilines is 3. The van der Waals surface area contributed by atoms with Gasteiger partial charge in [0.1, 0.15) is 0 Å². The van der Waals surface area contributed by atoms with E-state index in [0.29, 0.717) is 11.9 Å². The van der Waals surface area contributed by atoms with E-state index < -0.39 is 0 Å². The van der Waals surface area contributed by atoms with Crippen LogP contribution in [0.5, 0.6) is 0 Å². The molecule has 0 amide bonds. The fourth-order valence-corrected chi connectivity index (χ4v) is 1.98. The fourth-order valence-electron chi connectivity index (χ4n) is 1.46. The molecule has 0 bridgehead atoms. The van der Waals surface area contributed by atoms with Crippen molar-refractivity contribution in [2.24, 2.45) is 0 Å². The molecule has 0 saturated heterocycles. The van der Waals surface area contributed by atoms with Crippen molar-refractivity contribution in [3.63, 3.8) is 0 Å². The lowest BCUT2D eigenvalue weighted by molar-refractivity contribution is 0.961. The molecule has 0 fully saturated rings. The van der Waals surface area contributed by atoms with Crippen molar-refractivity contribution in [1.29, 1.82) is 0 Å². The molecule has 1 aromatic carbocycles. The highest BCUT2D eigenvalue weighted by molar-refractivity contribution is 9.10. The van der Waals surface area contributed by atoms with E-state index >= 15 is 0 Å². The standard InChI is InChI=1S/C12H13BrClN5/c1-7-8(13)5-4-6-9(7)15-11-16-10(14)17-12(18-11)19(2)3/h4-6H,1-3H3,(H,15,16,17,18). The van der Waals surface area contributed by atoms with Crippen molar-refractivity contribution in [3.8, 4) is 0 Å². The number of nitrogens with one attached hydrogen (secondary N) is 1. The summed E-state index contributed by atoms with van der Waals surface area (Å²) in [6, 6.07) is 5.87. The summed E-state index contributed by atoms with van der Waals surface area (Å²) in [6.45, 7) is 2.00. The molecule has 0 aliphatic carbocycles. The van der Waals surface area contributed by atoms with Crippen LogP contribution < -0.4 is 10.2 Å². The summed E-state index contributed by atoms with van der Waals surface area (Å²) in [6.07, 6.45) is 0. The van der Waals surface area contributed by atoms with Crippen LogP contribution in [0, 0.1) is 6.92 Å². The smallest absolute Gasteiger partial charge is 0.233 e. The molecular weight excluding hydrogens is 330 g/mol. The second-order valence-corrected chi connectivity index (χ2v) is 5.35. The van der Waals surface area contributed by atoms with Crippen LogP contribution in [0.15, 0.2) is 22.7 Å². The van der Waals surface area contributed by atoms with Crippen LogP contribution >= 0.6 is 27.5 Å². The van der Waals surface area contributed by atoms with Crippen LogP contribution in [0.1, 0.15) is 5.56 Å². The van der Waals surface area contributed by atoms with Crippen molar-refractivity contribution < 1.29 is 0 Å². The lowest BCUT2D eigenvalue weighted by atomic mass is 10.2. The van der Waals surface area contributed by atoms with E-state index in [1.165, 1.54) is 0 Å². The number of aromatic nitrogens is 3. The summed E-state index contributed by atoms with van der Waals surface area (Å²) in [5.74, 6) is 0.931. The minimum Gasteiger partial charge on any atom is -0.347 e. The van der Waals surface area contributed by atoms with Gasteiger partial charge in [-0.15, -0.1) is 0 Å². The molecule has 0 radical (unpaired) electrons. The van der Waals surface area contributed by atoms with E-state index in [9.17, 15) is 0 Å². The average Bonchev–Trinajstić information content (AvgIpc) is 2.34. The van der Waals surface area contributed by atoms with Crippen molar-refractivity contribution in [3.05, 3.63) is 33.5 Å². The third-order valence-corrected chi connectivity index (χ3v) is 3.54. The highest BCUT2D eigenvalue weighted by atomic mass is 79.9. The Bertz CT molecular complexity index is 603. The maximum absolute atomic E-state index is 5.89. The van der Waals surface area contributed by atoms with E-state index in [-0.39, 0.29) is 5.28 Å². The van der Waals surface area contributed by atoms with E-state index in [1.54, 1.807) is 4.90 Å². The lowest BCUT2D eigenvalue weighted by Gasteiger charge is -2.13. The van der Waals surface area contributed by atoms with Crippen LogP contribution in [-0.4, -0.2) is 29.0 Å². The molecule has 5 nitrogen and oxygen atoms in total. The Morgan fingerprint density at radius 1 is 1.21 bits per heavy atom. The van der Waals surface area contributed by atoms with Gasteiger partial charge in [-0.05, 0) is 36.2 Å². The molecule has 1 heterocycles. The van der Waals surface area contributed by atoms with Crippen LogP contribution in [0.2, 0.25) is 5.28 Å². The normalized spacial score (nSPS) is 10.4. The molecule has 0 aliphatic rings. The molecule has 2 aromatic rings. The monoisotopic (exact) mass is 341 g/mol. The maximum Gasteiger partial charge on any atom is 0.233 e. The first-order valence-corrected chi connectivity index (χ1v) is 6.75. The second kappa shape index (κ2) is 5.71. The summed E-state index contributed by atoms with van der Waals surface area (Å²) in [5, 5.41) is 3.31. The molecule has 0 unspecified atom stereocenters. The summed E-state index contributed by atoms with van der Waals surface area (Å²) in [4.78, 5) is 14.2. The first-order chi connectivity index (χ1) is 8.97. The van der Waals surface area contributed by atoms with Crippen molar-refractivity contribution in [2.45, 2.75) is 6.92 Å². The highest BCUT2D eigenvalue weighted by Gasteiger charge is 2.08. The molecule has 1 aromatic heterocycles. The van der Waals surface area contributed by atoms with Crippen LogP contribution in [0.4, 0.5) is 17.6 Å². The number of halogens is 2. The van der Waals surface area contributed by atoms with E-state index in [1.807, 2.05) is 39.2 Å². The highest BCUT2D eigenvalue weighted by Crippen LogP contribution is 2.25. The molecule has 0 saturated carbocycles. The third-order valence-electron chi connectivity index (χ3n) is 2.51. The first-order valence-electron chi connectivity index (χ1n) is 5.58. The molecular formula is C12H13BrClN5. The van der Waals surface area contributed by atoms with Gasteiger partial charge >= 0.3 is 0 Å². The van der Waals surface area contributed by atoms with Crippen LogP contribution in [0.3, 0.4) is 0 Å². The van der Waals surface area contributed by atoms with Gasteiger partial charge in [0.25, 0.3) is 0 Å². The molecule has 0 aliphatic heterocycles. The van der Waals surface area contributed by atoms with Crippen molar-refractivity contribution >= 4 is 45.1 Å². The Hall–Kier alpha value is -1.40. The van der Waals surface area contributed by atoms with Gasteiger partial charge in [-0.3, -0.25) is 0 Å². The molecule has 2 rings (SSSR count). The van der Waals surface area contributed by atoms with E-state index in [4.69, 9.17) is 11.6 Å². The molecule has 19 heavy (non-hydrogen) atoms. The molecule has 0 spiro atoms. The Morgan fingerprint density at radius 2 is 1.95 bits per heavy atom. The zero-order valence-corrected chi connectivity index (χ0v) is 13.1. The Morgan fingerprint density at radius 3 is 2.63 bits per heavy atom. The summed E-state index contributed by atoms with van der Waals surface area (Å²) >= 11 is 9.38. The molecule has 1 N–H and O–H groups in total. The first kappa shape index (κ1) is 14.0.